The van der Waals surface area contributed by atoms with E-state index in [1.165, 1.54) is 38.5 Å². The number of hydrogen-bond donors (Lipinski definition) is 2. The Hall–Kier alpha value is 0.310. The lowest BCUT2D eigenvalue weighted by atomic mass is 9.46. The van der Waals surface area contributed by atoms with Crippen LogP contribution in [0, 0.1) is 40.4 Å². The highest BCUT2D eigenvalue weighted by molar-refractivity contribution is 7.80. The van der Waals surface area contributed by atoms with Gasteiger partial charge in [0, 0.05) is 11.2 Å². The second-order valence-corrected chi connectivity index (χ2v) is 10.5. The summed E-state index contributed by atoms with van der Waals surface area (Å²) in [7, 11) is 0. The Labute approximate surface area is 149 Å². The van der Waals surface area contributed by atoms with Crippen molar-refractivity contribution in [3.05, 3.63) is 0 Å². The predicted molar refractivity (Wildman–Crippen MR) is 102 cm³/mol. The van der Waals surface area contributed by atoms with Gasteiger partial charge in [0.1, 0.15) is 0 Å². The van der Waals surface area contributed by atoms with Crippen LogP contribution in [0.2, 0.25) is 0 Å². The Balaban J connectivity index is 1.99. The molecule has 3 saturated carbocycles. The van der Waals surface area contributed by atoms with Gasteiger partial charge in [0.2, 0.25) is 0 Å². The highest BCUT2D eigenvalue weighted by Gasteiger charge is 2.58. The minimum absolute atomic E-state index is 0.0521. The molecule has 0 spiro atoms. The number of aliphatic hydroxyl groups is 1. The largest absolute Gasteiger partial charge is 0.388 e. The summed E-state index contributed by atoms with van der Waals surface area (Å²) in [5.41, 5.74) is -0.0436. The smallest absolute Gasteiger partial charge is 0.0791 e. The molecule has 3 fully saturated rings. The SMILES string of the molecule is C[C@@H]1CCC(O)(CS)[C@@]2(C)CC[C@H]3[C@H](C)CC[C@@H](C[C@H]12)C3(C)C. The molecule has 1 unspecified atom stereocenters. The highest BCUT2D eigenvalue weighted by Crippen LogP contribution is 2.62. The van der Waals surface area contributed by atoms with Crippen LogP contribution in [-0.2, 0) is 0 Å². The third kappa shape index (κ3) is 2.62. The molecule has 0 radical (unpaired) electrons. The lowest BCUT2D eigenvalue weighted by Crippen LogP contribution is -2.59. The van der Waals surface area contributed by atoms with E-state index in [9.17, 15) is 5.11 Å². The zero-order chi connectivity index (χ0) is 17.0. The van der Waals surface area contributed by atoms with Crippen LogP contribution in [0.4, 0.5) is 0 Å². The van der Waals surface area contributed by atoms with Crippen molar-refractivity contribution in [2.75, 3.05) is 5.75 Å². The van der Waals surface area contributed by atoms with Crippen molar-refractivity contribution < 1.29 is 5.11 Å². The highest BCUT2D eigenvalue weighted by atomic mass is 32.1. The molecule has 7 atom stereocenters. The minimum atomic E-state index is -0.563. The molecule has 23 heavy (non-hydrogen) atoms. The number of hydrogen-bond acceptors (Lipinski definition) is 2. The lowest BCUT2D eigenvalue weighted by molar-refractivity contribution is -0.169. The van der Waals surface area contributed by atoms with Crippen molar-refractivity contribution in [3.8, 4) is 0 Å². The summed E-state index contributed by atoms with van der Waals surface area (Å²) < 4.78 is 0. The van der Waals surface area contributed by atoms with Gasteiger partial charge < -0.3 is 5.11 Å². The summed E-state index contributed by atoms with van der Waals surface area (Å²) in [4.78, 5) is 0. The van der Waals surface area contributed by atoms with Crippen molar-refractivity contribution in [2.24, 2.45) is 40.4 Å². The average Bonchev–Trinajstić information content (AvgIpc) is 2.49. The van der Waals surface area contributed by atoms with E-state index in [0.717, 1.165) is 30.1 Å². The van der Waals surface area contributed by atoms with Crippen LogP contribution in [0.5, 0.6) is 0 Å². The van der Waals surface area contributed by atoms with Gasteiger partial charge in [-0.15, -0.1) is 0 Å². The molecule has 1 nitrogen and oxygen atoms in total. The molecule has 0 aliphatic heterocycles. The van der Waals surface area contributed by atoms with Gasteiger partial charge in [0.25, 0.3) is 0 Å². The molecule has 0 aromatic heterocycles. The molecule has 0 saturated heterocycles. The Morgan fingerprint density at radius 3 is 2.22 bits per heavy atom. The number of fused-ring (bicyclic) bond motifs is 3. The first kappa shape index (κ1) is 18.1. The Bertz CT molecular complexity index is 447. The maximum Gasteiger partial charge on any atom is 0.0791 e. The summed E-state index contributed by atoms with van der Waals surface area (Å²) in [6.07, 6.45) is 8.72. The van der Waals surface area contributed by atoms with Gasteiger partial charge in [-0.3, -0.25) is 0 Å². The Morgan fingerprint density at radius 1 is 0.913 bits per heavy atom. The van der Waals surface area contributed by atoms with Gasteiger partial charge in [-0.25, -0.2) is 0 Å². The van der Waals surface area contributed by atoms with E-state index < -0.39 is 5.60 Å². The lowest BCUT2D eigenvalue weighted by Gasteiger charge is -2.61. The van der Waals surface area contributed by atoms with Crippen molar-refractivity contribution >= 4 is 12.6 Å². The van der Waals surface area contributed by atoms with E-state index >= 15 is 0 Å². The van der Waals surface area contributed by atoms with Crippen LogP contribution in [0.3, 0.4) is 0 Å². The van der Waals surface area contributed by atoms with Crippen molar-refractivity contribution in [2.45, 2.75) is 85.2 Å². The van der Waals surface area contributed by atoms with Crippen molar-refractivity contribution in [3.63, 3.8) is 0 Å². The summed E-state index contributed by atoms with van der Waals surface area (Å²) in [5.74, 6) is 4.52. The van der Waals surface area contributed by atoms with Crippen LogP contribution >= 0.6 is 12.6 Å². The molecule has 134 valence electrons. The summed E-state index contributed by atoms with van der Waals surface area (Å²) in [6.45, 7) is 12.4. The molecule has 3 rings (SSSR count). The van der Waals surface area contributed by atoms with Crippen LogP contribution in [-0.4, -0.2) is 16.5 Å². The Kier molecular flexibility index (Phi) is 4.68. The van der Waals surface area contributed by atoms with Gasteiger partial charge in [-0.05, 0) is 73.5 Å². The van der Waals surface area contributed by atoms with E-state index in [1.807, 2.05) is 0 Å². The maximum absolute atomic E-state index is 11.5. The third-order valence-corrected chi connectivity index (χ3v) is 9.54. The van der Waals surface area contributed by atoms with Crippen LogP contribution < -0.4 is 0 Å². The second-order valence-electron chi connectivity index (χ2n) is 10.2. The van der Waals surface area contributed by atoms with Gasteiger partial charge in [-0.2, -0.15) is 12.6 Å². The first-order chi connectivity index (χ1) is 10.7. The van der Waals surface area contributed by atoms with E-state index in [2.05, 4.69) is 47.2 Å². The third-order valence-electron chi connectivity index (χ3n) is 9.02. The number of rotatable bonds is 1. The van der Waals surface area contributed by atoms with E-state index in [4.69, 9.17) is 0 Å². The predicted octanol–water partition coefficient (Wildman–Crippen LogP) is 5.57. The van der Waals surface area contributed by atoms with Crippen LogP contribution in [0.15, 0.2) is 0 Å². The molecule has 0 heterocycles. The molecule has 0 aromatic carbocycles. The molecular weight excluding hydrogens is 300 g/mol. The molecular formula is C21H38OS. The van der Waals surface area contributed by atoms with Crippen molar-refractivity contribution in [1.29, 1.82) is 0 Å². The minimum Gasteiger partial charge on any atom is -0.388 e. The molecule has 2 bridgehead atoms. The zero-order valence-corrected chi connectivity index (χ0v) is 16.8. The Morgan fingerprint density at radius 2 is 1.57 bits per heavy atom. The fourth-order valence-corrected chi connectivity index (χ4v) is 7.53. The molecule has 2 heteroatoms. The van der Waals surface area contributed by atoms with Gasteiger partial charge in [0.15, 0.2) is 0 Å². The van der Waals surface area contributed by atoms with Crippen molar-refractivity contribution in [1.82, 2.24) is 0 Å². The molecule has 3 aliphatic rings. The summed E-state index contributed by atoms with van der Waals surface area (Å²) in [5, 5.41) is 11.5. The first-order valence-electron chi connectivity index (χ1n) is 9.99. The van der Waals surface area contributed by atoms with Gasteiger partial charge >= 0.3 is 0 Å². The average molecular weight is 339 g/mol. The van der Waals surface area contributed by atoms with Gasteiger partial charge in [-0.1, -0.05) is 41.0 Å². The van der Waals surface area contributed by atoms with Gasteiger partial charge in [0.05, 0.1) is 5.60 Å². The maximum atomic E-state index is 11.5. The topological polar surface area (TPSA) is 20.2 Å². The van der Waals surface area contributed by atoms with E-state index in [0.29, 0.717) is 17.1 Å². The van der Waals surface area contributed by atoms with Crippen LogP contribution in [0.25, 0.3) is 0 Å². The molecule has 3 aliphatic carbocycles. The summed E-state index contributed by atoms with van der Waals surface area (Å²) in [6, 6.07) is 0. The monoisotopic (exact) mass is 338 g/mol. The first-order valence-corrected chi connectivity index (χ1v) is 10.6. The van der Waals surface area contributed by atoms with E-state index in [-0.39, 0.29) is 5.41 Å². The second kappa shape index (κ2) is 5.94. The van der Waals surface area contributed by atoms with E-state index in [1.54, 1.807) is 0 Å². The fourth-order valence-electron chi connectivity index (χ4n) is 7.01. The summed E-state index contributed by atoms with van der Waals surface area (Å²) >= 11 is 4.60. The molecule has 0 aromatic rings. The zero-order valence-electron chi connectivity index (χ0n) is 15.9. The standard InChI is InChI=1S/C21H38OS/c1-14-6-7-16-12-18-15(2)8-11-21(22,13-23)20(18,5)10-9-17(14)19(16,3)4/h14-18,22-23H,6-13H2,1-5H3/t14-,15-,16+,17+,18-,20+,21?/m1/s1. The number of thiol groups is 1. The van der Waals surface area contributed by atoms with Crippen LogP contribution in [0.1, 0.15) is 79.6 Å². The normalized spacial score (nSPS) is 53.1. The fraction of sp³-hybridized carbons (Fsp3) is 1.00. The quantitative estimate of drug-likeness (QED) is 0.599. The molecule has 0 amide bonds. The molecule has 1 N–H and O–H groups in total.